The van der Waals surface area contributed by atoms with Crippen LogP contribution in [0.25, 0.3) is 0 Å². The summed E-state index contributed by atoms with van der Waals surface area (Å²) < 4.78 is 0. The van der Waals surface area contributed by atoms with E-state index >= 15 is 0 Å². The molecule has 0 aromatic heterocycles. The first-order chi connectivity index (χ1) is 15.0. The van der Waals surface area contributed by atoms with Crippen molar-refractivity contribution in [3.63, 3.8) is 0 Å². The number of benzene rings is 3. The van der Waals surface area contributed by atoms with E-state index < -0.39 is 0 Å². The van der Waals surface area contributed by atoms with E-state index in [0.717, 1.165) is 17.5 Å². The monoisotopic (exact) mass is 422 g/mol. The molecule has 0 spiro atoms. The van der Waals surface area contributed by atoms with Crippen LogP contribution >= 0.6 is 0 Å². The van der Waals surface area contributed by atoms with Gasteiger partial charge in [-0.25, -0.2) is 0 Å². The van der Waals surface area contributed by atoms with Crippen LogP contribution in [-0.2, 0) is 6.42 Å². The Bertz CT molecular complexity index is 794. The highest BCUT2D eigenvalue weighted by atomic mass is 16.3. The molecule has 0 bridgehead atoms. The second-order valence-corrected chi connectivity index (χ2v) is 7.62. The van der Waals surface area contributed by atoms with Gasteiger partial charge in [-0.05, 0) is 55.2 Å². The van der Waals surface area contributed by atoms with Gasteiger partial charge >= 0.3 is 0 Å². The van der Waals surface area contributed by atoms with Crippen LogP contribution in [0.1, 0.15) is 63.0 Å². The van der Waals surface area contributed by atoms with E-state index in [2.05, 4.69) is 6.92 Å². The van der Waals surface area contributed by atoms with Crippen LogP contribution in [0.15, 0.2) is 78.9 Å². The molecule has 31 heavy (non-hydrogen) atoms. The van der Waals surface area contributed by atoms with Gasteiger partial charge in [0.1, 0.15) is 17.2 Å². The van der Waals surface area contributed by atoms with E-state index in [4.69, 9.17) is 10.2 Å². The summed E-state index contributed by atoms with van der Waals surface area (Å²) in [6, 6.07) is 23.6. The van der Waals surface area contributed by atoms with Crippen LogP contribution in [0.4, 0.5) is 0 Å². The standard InChI is InChI=1S/C15H24O.C7H8O.C6H6O/c1-2-3-4-5-6-7-8-11-14-12-9-10-13-15(14)16;1-6-4-2-3-5-7(6)8;7-6-4-2-1-3-5-6/h9-10,12-13,16H,2-8,11H2,1H3;2-5,8H,1H3;1-5,7H. The minimum Gasteiger partial charge on any atom is -0.508 e. The molecule has 0 heterocycles. The van der Waals surface area contributed by atoms with E-state index in [9.17, 15) is 5.11 Å². The van der Waals surface area contributed by atoms with Gasteiger partial charge in [0.2, 0.25) is 0 Å². The molecule has 0 aliphatic rings. The van der Waals surface area contributed by atoms with Gasteiger partial charge in [-0.1, -0.05) is 100 Å². The zero-order chi connectivity index (χ0) is 22.7. The lowest BCUT2D eigenvalue weighted by molar-refractivity contribution is 0.466. The summed E-state index contributed by atoms with van der Waals surface area (Å²) >= 11 is 0. The largest absolute Gasteiger partial charge is 0.508 e. The van der Waals surface area contributed by atoms with Crippen molar-refractivity contribution >= 4 is 0 Å². The van der Waals surface area contributed by atoms with Crippen molar-refractivity contribution in [3.05, 3.63) is 90.0 Å². The molecule has 0 fully saturated rings. The Morgan fingerprint density at radius 1 is 0.548 bits per heavy atom. The molecular weight excluding hydrogens is 384 g/mol. The molecule has 3 aromatic carbocycles. The van der Waals surface area contributed by atoms with Gasteiger partial charge < -0.3 is 15.3 Å². The van der Waals surface area contributed by atoms with Crippen LogP contribution in [0.5, 0.6) is 17.2 Å². The zero-order valence-corrected chi connectivity index (χ0v) is 19.0. The van der Waals surface area contributed by atoms with Gasteiger partial charge in [0, 0.05) is 0 Å². The van der Waals surface area contributed by atoms with Crippen molar-refractivity contribution in [2.75, 3.05) is 0 Å². The van der Waals surface area contributed by atoms with E-state index in [0.29, 0.717) is 17.2 Å². The number of hydrogen-bond acceptors (Lipinski definition) is 3. The highest BCUT2D eigenvalue weighted by Crippen LogP contribution is 2.18. The smallest absolute Gasteiger partial charge is 0.118 e. The van der Waals surface area contributed by atoms with E-state index in [1.807, 2.05) is 49.4 Å². The van der Waals surface area contributed by atoms with Crippen LogP contribution in [0.3, 0.4) is 0 Å². The van der Waals surface area contributed by atoms with Gasteiger partial charge in [-0.15, -0.1) is 0 Å². The first-order valence-electron chi connectivity index (χ1n) is 11.3. The molecule has 0 saturated carbocycles. The van der Waals surface area contributed by atoms with E-state index in [-0.39, 0.29) is 0 Å². The Morgan fingerprint density at radius 2 is 1.06 bits per heavy atom. The average molecular weight is 423 g/mol. The number of para-hydroxylation sites is 3. The second kappa shape index (κ2) is 16.8. The van der Waals surface area contributed by atoms with Crippen molar-refractivity contribution in [1.29, 1.82) is 0 Å². The molecule has 0 unspecified atom stereocenters. The molecule has 168 valence electrons. The molecule has 3 heteroatoms. The topological polar surface area (TPSA) is 60.7 Å². The third-order valence-corrected chi connectivity index (χ3v) is 4.91. The lowest BCUT2D eigenvalue weighted by Gasteiger charge is -2.04. The van der Waals surface area contributed by atoms with Crippen LogP contribution in [0, 0.1) is 6.92 Å². The summed E-state index contributed by atoms with van der Waals surface area (Å²) in [5.74, 6) is 1.14. The van der Waals surface area contributed by atoms with E-state index in [1.165, 1.54) is 44.9 Å². The lowest BCUT2D eigenvalue weighted by atomic mass is 10.0. The summed E-state index contributed by atoms with van der Waals surface area (Å²) in [5, 5.41) is 27.1. The molecule has 0 aliphatic heterocycles. The first-order valence-corrected chi connectivity index (χ1v) is 11.3. The molecule has 0 radical (unpaired) electrons. The molecule has 3 nitrogen and oxygen atoms in total. The Kier molecular flexibility index (Phi) is 14.2. The molecule has 0 aliphatic carbocycles. The molecule has 3 rings (SSSR count). The number of hydrogen-bond donors (Lipinski definition) is 3. The fourth-order valence-electron chi connectivity index (χ4n) is 2.99. The minimum absolute atomic E-state index is 0.322. The quantitative estimate of drug-likeness (QED) is 0.325. The van der Waals surface area contributed by atoms with Crippen molar-refractivity contribution in [2.24, 2.45) is 0 Å². The number of aromatic hydroxyl groups is 3. The predicted octanol–water partition coefficient (Wildman–Crippen LogP) is 7.78. The maximum atomic E-state index is 9.58. The highest BCUT2D eigenvalue weighted by Gasteiger charge is 1.98. The summed E-state index contributed by atoms with van der Waals surface area (Å²) in [4.78, 5) is 0. The number of unbranched alkanes of at least 4 members (excludes halogenated alkanes) is 6. The predicted molar refractivity (Wildman–Crippen MR) is 131 cm³/mol. The molecule has 0 atom stereocenters. The Hall–Kier alpha value is -2.94. The van der Waals surface area contributed by atoms with Gasteiger partial charge in [-0.2, -0.15) is 0 Å². The SMILES string of the molecule is CCCCCCCCCc1ccccc1O.Cc1ccccc1O.Oc1ccccc1. The van der Waals surface area contributed by atoms with Crippen molar-refractivity contribution in [2.45, 2.75) is 65.2 Å². The summed E-state index contributed by atoms with van der Waals surface area (Å²) in [6.07, 6.45) is 10.3. The average Bonchev–Trinajstić information content (AvgIpc) is 2.78. The third kappa shape index (κ3) is 13.1. The maximum Gasteiger partial charge on any atom is 0.118 e. The fourth-order valence-corrected chi connectivity index (χ4v) is 2.99. The molecule has 0 amide bonds. The van der Waals surface area contributed by atoms with Crippen molar-refractivity contribution < 1.29 is 15.3 Å². The van der Waals surface area contributed by atoms with E-state index in [1.54, 1.807) is 36.4 Å². The number of phenols is 3. The van der Waals surface area contributed by atoms with Crippen molar-refractivity contribution in [3.8, 4) is 17.2 Å². The summed E-state index contributed by atoms with van der Waals surface area (Å²) in [5.41, 5.74) is 2.02. The van der Waals surface area contributed by atoms with Gasteiger partial charge in [0.05, 0.1) is 0 Å². The van der Waals surface area contributed by atoms with Gasteiger partial charge in [0.15, 0.2) is 0 Å². The molecule has 3 N–H and O–H groups in total. The minimum atomic E-state index is 0.322. The van der Waals surface area contributed by atoms with Crippen LogP contribution in [0.2, 0.25) is 0 Å². The molecule has 3 aromatic rings. The van der Waals surface area contributed by atoms with Crippen LogP contribution < -0.4 is 0 Å². The third-order valence-electron chi connectivity index (χ3n) is 4.91. The number of phenolic OH excluding ortho intramolecular Hbond substituents is 3. The second-order valence-electron chi connectivity index (χ2n) is 7.62. The summed E-state index contributed by atoms with van der Waals surface area (Å²) in [7, 11) is 0. The first kappa shape index (κ1) is 26.1. The fraction of sp³-hybridized carbons (Fsp3) is 0.357. The van der Waals surface area contributed by atoms with Gasteiger partial charge in [0.25, 0.3) is 0 Å². The number of rotatable bonds is 8. The number of aryl methyl sites for hydroxylation is 2. The Morgan fingerprint density at radius 3 is 1.55 bits per heavy atom. The normalized spacial score (nSPS) is 9.74. The summed E-state index contributed by atoms with van der Waals surface area (Å²) in [6.45, 7) is 4.12. The Labute approximate surface area is 188 Å². The molecule has 0 saturated heterocycles. The molecular formula is C28H38O3. The lowest BCUT2D eigenvalue weighted by Crippen LogP contribution is -1.87. The Balaban J connectivity index is 0.000000264. The van der Waals surface area contributed by atoms with Gasteiger partial charge in [-0.3, -0.25) is 0 Å². The maximum absolute atomic E-state index is 9.58. The highest BCUT2D eigenvalue weighted by molar-refractivity contribution is 5.31. The zero-order valence-electron chi connectivity index (χ0n) is 19.0. The van der Waals surface area contributed by atoms with Crippen LogP contribution in [-0.4, -0.2) is 15.3 Å². The van der Waals surface area contributed by atoms with Crippen molar-refractivity contribution in [1.82, 2.24) is 0 Å².